The summed E-state index contributed by atoms with van der Waals surface area (Å²) in [4.78, 5) is 13.8. The average molecular weight is 359 g/mol. The first-order valence-electron chi connectivity index (χ1n) is 7.53. The lowest BCUT2D eigenvalue weighted by Gasteiger charge is -2.14. The predicted molar refractivity (Wildman–Crippen MR) is 94.9 cm³/mol. The zero-order chi connectivity index (χ0) is 18.0. The minimum absolute atomic E-state index is 0.178. The maximum Gasteiger partial charge on any atom is 0.294 e. The summed E-state index contributed by atoms with van der Waals surface area (Å²) in [6.07, 6.45) is 0.901. The van der Waals surface area contributed by atoms with Crippen LogP contribution in [-0.2, 0) is 21.3 Å². The topological polar surface area (TPSA) is 125 Å². The molecule has 1 aromatic heterocycles. The van der Waals surface area contributed by atoms with Crippen LogP contribution in [0, 0.1) is 0 Å². The first-order chi connectivity index (χ1) is 11.9. The summed E-state index contributed by atoms with van der Waals surface area (Å²) in [6.45, 7) is 0. The Morgan fingerprint density at radius 2 is 1.96 bits per heavy atom. The van der Waals surface area contributed by atoms with E-state index in [9.17, 15) is 17.8 Å². The van der Waals surface area contributed by atoms with Crippen molar-refractivity contribution >= 4 is 33.2 Å². The van der Waals surface area contributed by atoms with Gasteiger partial charge < -0.3 is 16.0 Å². The lowest BCUT2D eigenvalue weighted by Crippen LogP contribution is -2.15. The molecular weight excluding hydrogens is 342 g/mol. The number of nitrogens with one attached hydrogen (secondary N) is 2. The van der Waals surface area contributed by atoms with Crippen LogP contribution in [0.15, 0.2) is 53.4 Å². The van der Waals surface area contributed by atoms with Crippen LogP contribution in [0.4, 0.5) is 5.82 Å². The lowest BCUT2D eigenvalue weighted by atomic mass is 9.98. The van der Waals surface area contributed by atoms with Gasteiger partial charge in [-0.1, -0.05) is 30.3 Å². The fraction of sp³-hybridized carbons (Fsp3) is 0.118. The van der Waals surface area contributed by atoms with Gasteiger partial charge in [0.1, 0.15) is 5.82 Å². The highest BCUT2D eigenvalue weighted by molar-refractivity contribution is 7.85. The molecule has 1 unspecified atom stereocenters. The van der Waals surface area contributed by atoms with Crippen molar-refractivity contribution in [1.82, 2.24) is 4.98 Å². The molecule has 1 atom stereocenters. The van der Waals surface area contributed by atoms with Crippen molar-refractivity contribution in [3.8, 4) is 0 Å². The SMILES string of the molecule is NC(Cc1cccc(S(=O)(=O)O)c1)c1c(NC=O)[nH]c2ccccc12. The smallest absolute Gasteiger partial charge is 0.294 e. The highest BCUT2D eigenvalue weighted by atomic mass is 32.2. The van der Waals surface area contributed by atoms with Gasteiger partial charge in [0.25, 0.3) is 10.1 Å². The summed E-state index contributed by atoms with van der Waals surface area (Å²) in [6, 6.07) is 13.0. The van der Waals surface area contributed by atoms with Gasteiger partial charge in [0.2, 0.25) is 6.41 Å². The van der Waals surface area contributed by atoms with Gasteiger partial charge >= 0.3 is 0 Å². The molecule has 0 aliphatic rings. The average Bonchev–Trinajstić information content (AvgIpc) is 2.92. The Morgan fingerprint density at radius 3 is 2.68 bits per heavy atom. The molecule has 7 nitrogen and oxygen atoms in total. The molecule has 0 spiro atoms. The van der Waals surface area contributed by atoms with E-state index < -0.39 is 16.2 Å². The monoisotopic (exact) mass is 359 g/mol. The van der Waals surface area contributed by atoms with Crippen LogP contribution in [0.25, 0.3) is 10.9 Å². The van der Waals surface area contributed by atoms with Gasteiger partial charge in [-0.05, 0) is 30.2 Å². The molecule has 3 rings (SSSR count). The number of nitrogens with two attached hydrogens (primary N) is 1. The second kappa shape index (κ2) is 6.67. The van der Waals surface area contributed by atoms with Crippen LogP contribution in [0.1, 0.15) is 17.2 Å². The molecule has 0 saturated carbocycles. The highest BCUT2D eigenvalue weighted by Crippen LogP contribution is 2.32. The minimum atomic E-state index is -4.27. The summed E-state index contributed by atoms with van der Waals surface area (Å²) >= 11 is 0. The third kappa shape index (κ3) is 3.55. The maximum atomic E-state index is 11.3. The Bertz CT molecular complexity index is 1030. The summed E-state index contributed by atoms with van der Waals surface area (Å²) in [7, 11) is -4.27. The number of carbonyl (C=O) groups is 1. The molecule has 1 heterocycles. The van der Waals surface area contributed by atoms with Gasteiger partial charge in [0.15, 0.2) is 0 Å². The summed E-state index contributed by atoms with van der Waals surface area (Å²) < 4.78 is 31.7. The van der Waals surface area contributed by atoms with Gasteiger partial charge in [0, 0.05) is 22.5 Å². The number of fused-ring (bicyclic) bond motifs is 1. The number of benzene rings is 2. The fourth-order valence-corrected chi connectivity index (χ4v) is 3.46. The van der Waals surface area contributed by atoms with E-state index in [2.05, 4.69) is 10.3 Å². The first kappa shape index (κ1) is 17.2. The Labute approximate surface area is 144 Å². The zero-order valence-corrected chi connectivity index (χ0v) is 14.0. The summed E-state index contributed by atoms with van der Waals surface area (Å²) in [5.41, 5.74) is 8.57. The van der Waals surface area contributed by atoms with E-state index in [1.54, 1.807) is 12.1 Å². The molecule has 0 fully saturated rings. The lowest BCUT2D eigenvalue weighted by molar-refractivity contribution is -0.105. The second-order valence-corrected chi connectivity index (χ2v) is 7.08. The van der Waals surface area contributed by atoms with E-state index in [0.29, 0.717) is 24.2 Å². The Balaban J connectivity index is 1.99. The van der Waals surface area contributed by atoms with Crippen molar-refractivity contribution in [3.63, 3.8) is 0 Å². The Morgan fingerprint density at radius 1 is 1.20 bits per heavy atom. The van der Waals surface area contributed by atoms with Gasteiger partial charge in [-0.2, -0.15) is 8.42 Å². The number of carbonyl (C=O) groups excluding carboxylic acids is 1. The molecular formula is C17H17N3O4S. The second-order valence-electron chi connectivity index (χ2n) is 5.65. The van der Waals surface area contributed by atoms with Crippen molar-refractivity contribution in [3.05, 3.63) is 59.7 Å². The normalized spacial score (nSPS) is 12.9. The zero-order valence-electron chi connectivity index (χ0n) is 13.1. The number of hydrogen-bond acceptors (Lipinski definition) is 4. The molecule has 0 radical (unpaired) electrons. The van der Waals surface area contributed by atoms with Crippen molar-refractivity contribution in [2.75, 3.05) is 5.32 Å². The molecule has 0 aliphatic carbocycles. The van der Waals surface area contributed by atoms with Crippen LogP contribution in [0.5, 0.6) is 0 Å². The van der Waals surface area contributed by atoms with Crippen molar-refractivity contribution in [2.45, 2.75) is 17.4 Å². The molecule has 0 saturated heterocycles. The van der Waals surface area contributed by atoms with Crippen LogP contribution in [0.2, 0.25) is 0 Å². The van der Waals surface area contributed by atoms with E-state index >= 15 is 0 Å². The Kier molecular flexibility index (Phi) is 4.58. The van der Waals surface area contributed by atoms with Crippen molar-refractivity contribution in [2.24, 2.45) is 5.73 Å². The van der Waals surface area contributed by atoms with Gasteiger partial charge in [-0.3, -0.25) is 9.35 Å². The maximum absolute atomic E-state index is 11.3. The number of H-pyrrole nitrogens is 1. The van der Waals surface area contributed by atoms with Crippen LogP contribution in [0.3, 0.4) is 0 Å². The Hall–Kier alpha value is -2.68. The van der Waals surface area contributed by atoms with Crippen molar-refractivity contribution in [1.29, 1.82) is 0 Å². The molecule has 2 aromatic carbocycles. The fourth-order valence-electron chi connectivity index (χ4n) is 2.91. The molecule has 25 heavy (non-hydrogen) atoms. The number of hydrogen-bond donors (Lipinski definition) is 4. The quantitative estimate of drug-likeness (QED) is 0.397. The number of amides is 1. The summed E-state index contributed by atoms with van der Waals surface area (Å²) in [5.74, 6) is 0.509. The summed E-state index contributed by atoms with van der Waals surface area (Å²) in [5, 5.41) is 3.50. The van der Waals surface area contributed by atoms with E-state index in [-0.39, 0.29) is 4.90 Å². The number of aromatic amines is 1. The number of para-hydroxylation sites is 1. The molecule has 0 aliphatic heterocycles. The van der Waals surface area contributed by atoms with Gasteiger partial charge in [-0.15, -0.1) is 0 Å². The van der Waals surface area contributed by atoms with Gasteiger partial charge in [-0.25, -0.2) is 0 Å². The number of rotatable bonds is 6. The molecule has 130 valence electrons. The predicted octanol–water partition coefficient (Wildman–Crippen LogP) is 2.23. The molecule has 5 N–H and O–H groups in total. The minimum Gasteiger partial charge on any atom is -0.341 e. The number of anilines is 1. The van der Waals surface area contributed by atoms with Crippen molar-refractivity contribution < 1.29 is 17.8 Å². The van der Waals surface area contributed by atoms with Gasteiger partial charge in [0.05, 0.1) is 4.90 Å². The standard InChI is InChI=1S/C17H17N3O4S/c18-14(9-11-4-3-5-12(8-11)25(22,23)24)16-13-6-1-2-7-15(13)20-17(16)19-10-21/h1-8,10,14,20H,9,18H2,(H,19,21)(H,22,23,24). The third-order valence-electron chi connectivity index (χ3n) is 3.97. The molecule has 1 amide bonds. The van der Waals surface area contributed by atoms with Crippen LogP contribution in [-0.4, -0.2) is 24.4 Å². The number of aromatic nitrogens is 1. The van der Waals surface area contributed by atoms with E-state index in [0.717, 1.165) is 16.5 Å². The molecule has 0 bridgehead atoms. The van der Waals surface area contributed by atoms with E-state index in [1.165, 1.54) is 12.1 Å². The van der Waals surface area contributed by atoms with Crippen LogP contribution >= 0.6 is 0 Å². The van der Waals surface area contributed by atoms with E-state index in [1.807, 2.05) is 24.3 Å². The molecule has 3 aromatic rings. The third-order valence-corrected chi connectivity index (χ3v) is 4.82. The first-order valence-corrected chi connectivity index (χ1v) is 8.97. The van der Waals surface area contributed by atoms with E-state index in [4.69, 9.17) is 5.73 Å². The largest absolute Gasteiger partial charge is 0.341 e. The highest BCUT2D eigenvalue weighted by Gasteiger charge is 2.19. The van der Waals surface area contributed by atoms with Crippen LogP contribution < -0.4 is 11.1 Å². The molecule has 8 heteroatoms.